The average molecular weight is 214 g/mol. The summed E-state index contributed by atoms with van der Waals surface area (Å²) < 4.78 is 5.89. The van der Waals surface area contributed by atoms with Gasteiger partial charge < -0.3 is 0 Å². The second kappa shape index (κ2) is 2.91. The normalized spacial score (nSPS) is 33.0. The topological polar surface area (TPSA) is 9.23 Å². The Labute approximate surface area is 57.3 Å². The summed E-state index contributed by atoms with van der Waals surface area (Å²) in [4.78, 5) is 0. The molecule has 0 amide bonds. The minimum atomic E-state index is 0.586. The van der Waals surface area contributed by atoms with Gasteiger partial charge in [-0.2, -0.15) is 0 Å². The van der Waals surface area contributed by atoms with Crippen LogP contribution in [0.1, 0.15) is 19.3 Å². The van der Waals surface area contributed by atoms with Crippen LogP contribution in [-0.4, -0.2) is 33.1 Å². The molecule has 0 N–H and O–H groups in total. The minimum absolute atomic E-state index is 0.586. The SMILES string of the molecule is [TeH]C1CCCCO1. The summed E-state index contributed by atoms with van der Waals surface area (Å²) >= 11 is 1.81. The second-order valence-electron chi connectivity index (χ2n) is 1.82. The van der Waals surface area contributed by atoms with Crippen molar-refractivity contribution in [1.29, 1.82) is 0 Å². The Hall–Kier alpha value is 0.750. The van der Waals surface area contributed by atoms with Crippen LogP contribution in [0, 0.1) is 0 Å². The molecule has 0 spiro atoms. The fourth-order valence-electron chi connectivity index (χ4n) is 0.724. The molecule has 7 heavy (non-hydrogen) atoms. The van der Waals surface area contributed by atoms with Crippen LogP contribution in [0.15, 0.2) is 0 Å². The Kier molecular flexibility index (Phi) is 2.45. The molecular formula is C5H10OTe. The first kappa shape index (κ1) is 5.88. The van der Waals surface area contributed by atoms with Gasteiger partial charge in [0.2, 0.25) is 0 Å². The van der Waals surface area contributed by atoms with Crippen LogP contribution in [0.25, 0.3) is 0 Å². The number of rotatable bonds is 0. The van der Waals surface area contributed by atoms with E-state index in [1.54, 1.807) is 0 Å². The van der Waals surface area contributed by atoms with Crippen LogP contribution >= 0.6 is 0 Å². The van der Waals surface area contributed by atoms with Gasteiger partial charge >= 0.3 is 57.1 Å². The summed E-state index contributed by atoms with van der Waals surface area (Å²) in [5, 5.41) is 0. The first-order valence-corrected chi connectivity index (χ1v) is 4.16. The number of hydrogen-bond donors (Lipinski definition) is 0. The molecule has 1 aliphatic rings. The van der Waals surface area contributed by atoms with Crippen LogP contribution in [0.4, 0.5) is 0 Å². The molecule has 1 fully saturated rings. The third-order valence-corrected chi connectivity index (χ3v) is 2.32. The van der Waals surface area contributed by atoms with Gasteiger partial charge in [-0.15, -0.1) is 0 Å². The Morgan fingerprint density at radius 1 is 1.43 bits per heavy atom. The van der Waals surface area contributed by atoms with Crippen molar-refractivity contribution < 1.29 is 4.74 Å². The monoisotopic (exact) mass is 216 g/mol. The van der Waals surface area contributed by atoms with Crippen molar-refractivity contribution in [3.63, 3.8) is 0 Å². The van der Waals surface area contributed by atoms with Crippen molar-refractivity contribution in [3.8, 4) is 0 Å². The van der Waals surface area contributed by atoms with Crippen molar-refractivity contribution in [2.45, 2.75) is 23.4 Å². The van der Waals surface area contributed by atoms with Crippen molar-refractivity contribution in [1.82, 2.24) is 0 Å². The summed E-state index contributed by atoms with van der Waals surface area (Å²) in [6.07, 6.45) is 3.94. The average Bonchev–Trinajstić information content (AvgIpc) is 1.69. The van der Waals surface area contributed by atoms with E-state index in [0.29, 0.717) is 4.15 Å². The molecule has 1 rings (SSSR count). The van der Waals surface area contributed by atoms with Crippen LogP contribution in [0.2, 0.25) is 0 Å². The maximum atomic E-state index is 5.30. The molecule has 0 aliphatic carbocycles. The molecule has 0 aromatic carbocycles. The molecule has 0 radical (unpaired) electrons. The summed E-state index contributed by atoms with van der Waals surface area (Å²) in [5.41, 5.74) is 0. The standard InChI is InChI=1S/C5H10OTe/c7-5-3-1-2-4-6-5/h5,7H,1-4H2. The molecule has 1 saturated heterocycles. The van der Waals surface area contributed by atoms with Gasteiger partial charge in [0.25, 0.3) is 0 Å². The molecule has 2 heteroatoms. The van der Waals surface area contributed by atoms with Crippen LogP contribution in [-0.2, 0) is 4.74 Å². The Bertz CT molecular complexity index is 50.0. The molecule has 0 bridgehead atoms. The first-order valence-electron chi connectivity index (χ1n) is 2.69. The fraction of sp³-hybridized carbons (Fsp3) is 1.00. The quantitative estimate of drug-likeness (QED) is 0.530. The Balaban J connectivity index is 2.12. The molecule has 1 heterocycles. The molecule has 1 nitrogen and oxygen atoms in total. The maximum absolute atomic E-state index is 5.30. The zero-order valence-electron chi connectivity index (χ0n) is 4.26. The van der Waals surface area contributed by atoms with E-state index in [4.69, 9.17) is 4.74 Å². The van der Waals surface area contributed by atoms with Crippen molar-refractivity contribution in [2.75, 3.05) is 6.61 Å². The zero-order chi connectivity index (χ0) is 5.11. The van der Waals surface area contributed by atoms with E-state index in [9.17, 15) is 0 Å². The zero-order valence-corrected chi connectivity index (χ0v) is 6.81. The fourth-order valence-corrected chi connectivity index (χ4v) is 1.55. The molecule has 0 saturated carbocycles. The van der Waals surface area contributed by atoms with Crippen LogP contribution in [0.3, 0.4) is 0 Å². The van der Waals surface area contributed by atoms with Gasteiger partial charge in [-0.1, -0.05) is 0 Å². The molecule has 1 unspecified atom stereocenters. The van der Waals surface area contributed by atoms with E-state index < -0.39 is 0 Å². The molecule has 42 valence electrons. The van der Waals surface area contributed by atoms with E-state index in [0.717, 1.165) is 6.61 Å². The third kappa shape index (κ3) is 1.99. The predicted octanol–water partition coefficient (Wildman–Crippen LogP) is 0.414. The van der Waals surface area contributed by atoms with Gasteiger partial charge in [-0.05, 0) is 0 Å². The van der Waals surface area contributed by atoms with Gasteiger partial charge in [0.15, 0.2) is 0 Å². The summed E-state index contributed by atoms with van der Waals surface area (Å²) in [6.45, 7) is 1.000. The molecule has 0 aromatic rings. The number of hydrogen-bond acceptors (Lipinski definition) is 1. The Morgan fingerprint density at radius 2 is 2.29 bits per heavy atom. The summed E-state index contributed by atoms with van der Waals surface area (Å²) in [6, 6.07) is 0. The van der Waals surface area contributed by atoms with Crippen LogP contribution < -0.4 is 0 Å². The van der Waals surface area contributed by atoms with Gasteiger partial charge in [0.1, 0.15) is 0 Å². The third-order valence-electron chi connectivity index (χ3n) is 1.16. The van der Waals surface area contributed by atoms with E-state index in [-0.39, 0.29) is 0 Å². The van der Waals surface area contributed by atoms with Crippen molar-refractivity contribution in [3.05, 3.63) is 0 Å². The van der Waals surface area contributed by atoms with Gasteiger partial charge in [-0.3, -0.25) is 0 Å². The molecular weight excluding hydrogens is 204 g/mol. The number of ether oxygens (including phenoxy) is 1. The molecule has 0 aromatic heterocycles. The van der Waals surface area contributed by atoms with Gasteiger partial charge in [0, 0.05) is 0 Å². The second-order valence-corrected chi connectivity index (χ2v) is 3.47. The summed E-state index contributed by atoms with van der Waals surface area (Å²) in [5.74, 6) is 0. The first-order chi connectivity index (χ1) is 3.39. The van der Waals surface area contributed by atoms with E-state index >= 15 is 0 Å². The van der Waals surface area contributed by atoms with Gasteiger partial charge in [-0.25, -0.2) is 0 Å². The van der Waals surface area contributed by atoms with Crippen LogP contribution in [0.5, 0.6) is 0 Å². The molecule has 1 atom stereocenters. The van der Waals surface area contributed by atoms with E-state index in [1.165, 1.54) is 19.3 Å². The van der Waals surface area contributed by atoms with E-state index in [1.807, 2.05) is 22.3 Å². The summed E-state index contributed by atoms with van der Waals surface area (Å²) in [7, 11) is 0. The Morgan fingerprint density at radius 3 is 2.57 bits per heavy atom. The van der Waals surface area contributed by atoms with Crippen molar-refractivity contribution >= 4 is 22.3 Å². The van der Waals surface area contributed by atoms with E-state index in [2.05, 4.69) is 0 Å². The van der Waals surface area contributed by atoms with Crippen molar-refractivity contribution in [2.24, 2.45) is 0 Å². The molecule has 1 aliphatic heterocycles. The predicted molar refractivity (Wildman–Crippen MR) is 30.7 cm³/mol. The van der Waals surface area contributed by atoms with Gasteiger partial charge in [0.05, 0.1) is 0 Å².